The zero-order valence-corrected chi connectivity index (χ0v) is 12.0. The van der Waals surface area contributed by atoms with Gasteiger partial charge >= 0.3 is 0 Å². The molecule has 5 nitrogen and oxygen atoms in total. The minimum Gasteiger partial charge on any atom is -0.323 e. The molecule has 0 aliphatic heterocycles. The van der Waals surface area contributed by atoms with E-state index in [-0.39, 0.29) is 18.1 Å². The summed E-state index contributed by atoms with van der Waals surface area (Å²) in [5.74, 6) is -1.34. The van der Waals surface area contributed by atoms with E-state index in [1.165, 1.54) is 12.1 Å². The molecule has 0 aromatic heterocycles. The monoisotopic (exact) mass is 301 g/mol. The van der Waals surface area contributed by atoms with Crippen molar-refractivity contribution in [2.24, 2.45) is 5.73 Å². The van der Waals surface area contributed by atoms with Crippen LogP contribution in [0.4, 0.5) is 15.8 Å². The normalized spacial score (nSPS) is 10.1. The number of carbonyl (C=O) groups excluding carboxylic acids is 2. The summed E-state index contributed by atoms with van der Waals surface area (Å²) in [7, 11) is 0. The van der Waals surface area contributed by atoms with Gasteiger partial charge in [-0.3, -0.25) is 9.59 Å². The van der Waals surface area contributed by atoms with Crippen molar-refractivity contribution in [3.05, 3.63) is 59.4 Å². The van der Waals surface area contributed by atoms with Crippen LogP contribution in [0, 0.1) is 12.7 Å². The Morgan fingerprint density at radius 3 is 2.50 bits per heavy atom. The van der Waals surface area contributed by atoms with Crippen molar-refractivity contribution in [3.63, 3.8) is 0 Å². The lowest BCUT2D eigenvalue weighted by Crippen LogP contribution is -2.23. The van der Waals surface area contributed by atoms with Crippen molar-refractivity contribution < 1.29 is 14.0 Å². The predicted molar refractivity (Wildman–Crippen MR) is 83.2 cm³/mol. The first-order valence-corrected chi connectivity index (χ1v) is 6.67. The number of carbonyl (C=O) groups is 2. The molecule has 0 aliphatic carbocycles. The summed E-state index contributed by atoms with van der Waals surface area (Å²) in [6, 6.07) is 10.8. The molecule has 22 heavy (non-hydrogen) atoms. The zero-order valence-electron chi connectivity index (χ0n) is 12.0. The predicted octanol–water partition coefficient (Wildman–Crippen LogP) is 2.28. The van der Waals surface area contributed by atoms with E-state index < -0.39 is 11.7 Å². The third-order valence-electron chi connectivity index (χ3n) is 3.08. The molecule has 6 heteroatoms. The van der Waals surface area contributed by atoms with Crippen LogP contribution in [0.25, 0.3) is 0 Å². The minimum atomic E-state index is -0.527. The van der Waals surface area contributed by atoms with E-state index in [9.17, 15) is 14.0 Å². The number of anilines is 2. The van der Waals surface area contributed by atoms with Gasteiger partial charge in [-0.15, -0.1) is 0 Å². The topological polar surface area (TPSA) is 84.2 Å². The highest BCUT2D eigenvalue weighted by atomic mass is 19.1. The molecule has 2 aromatic rings. The van der Waals surface area contributed by atoms with Crippen LogP contribution in [-0.2, 0) is 4.79 Å². The number of halogens is 1. The van der Waals surface area contributed by atoms with Crippen molar-refractivity contribution in [1.29, 1.82) is 0 Å². The lowest BCUT2D eigenvalue weighted by molar-refractivity contribution is -0.114. The third-order valence-corrected chi connectivity index (χ3v) is 3.08. The SMILES string of the molecule is Cc1ccccc1C(=O)Nc1ccc(F)cc1NC(=O)CN. The lowest BCUT2D eigenvalue weighted by atomic mass is 10.1. The van der Waals surface area contributed by atoms with E-state index in [2.05, 4.69) is 10.6 Å². The molecule has 0 fully saturated rings. The fourth-order valence-corrected chi connectivity index (χ4v) is 1.95. The average Bonchev–Trinajstić information content (AvgIpc) is 2.50. The van der Waals surface area contributed by atoms with Crippen LogP contribution in [0.1, 0.15) is 15.9 Å². The summed E-state index contributed by atoms with van der Waals surface area (Å²) in [4.78, 5) is 23.7. The number of hydrogen-bond acceptors (Lipinski definition) is 3. The van der Waals surface area contributed by atoms with Crippen molar-refractivity contribution in [1.82, 2.24) is 0 Å². The molecular weight excluding hydrogens is 285 g/mol. The Kier molecular flexibility index (Phi) is 4.85. The van der Waals surface area contributed by atoms with Crippen LogP contribution in [0.15, 0.2) is 42.5 Å². The van der Waals surface area contributed by atoms with Gasteiger partial charge in [0.05, 0.1) is 17.9 Å². The summed E-state index contributed by atoms with van der Waals surface area (Å²) in [6.07, 6.45) is 0. The van der Waals surface area contributed by atoms with Crippen LogP contribution >= 0.6 is 0 Å². The van der Waals surface area contributed by atoms with Crippen LogP contribution < -0.4 is 16.4 Å². The highest BCUT2D eigenvalue weighted by molar-refractivity contribution is 6.08. The highest BCUT2D eigenvalue weighted by Crippen LogP contribution is 2.23. The average molecular weight is 301 g/mol. The Hall–Kier alpha value is -2.73. The Morgan fingerprint density at radius 1 is 1.09 bits per heavy atom. The van der Waals surface area contributed by atoms with Gasteiger partial charge in [0.1, 0.15) is 5.82 Å². The van der Waals surface area contributed by atoms with Gasteiger partial charge in [0.15, 0.2) is 0 Å². The van der Waals surface area contributed by atoms with Crippen molar-refractivity contribution >= 4 is 23.2 Å². The van der Waals surface area contributed by atoms with Crippen molar-refractivity contribution in [2.45, 2.75) is 6.92 Å². The van der Waals surface area contributed by atoms with E-state index >= 15 is 0 Å². The third kappa shape index (κ3) is 3.67. The highest BCUT2D eigenvalue weighted by Gasteiger charge is 2.13. The zero-order chi connectivity index (χ0) is 16.1. The second-order valence-electron chi connectivity index (χ2n) is 4.71. The maximum absolute atomic E-state index is 13.3. The number of nitrogens with two attached hydrogens (primary N) is 1. The van der Waals surface area contributed by atoms with Gasteiger partial charge < -0.3 is 16.4 Å². The first-order valence-electron chi connectivity index (χ1n) is 6.67. The maximum Gasteiger partial charge on any atom is 0.255 e. The molecular formula is C16H16FN3O2. The Labute approximate surface area is 127 Å². The van der Waals surface area contributed by atoms with Crippen molar-refractivity contribution in [3.8, 4) is 0 Å². The molecule has 0 radical (unpaired) electrons. The summed E-state index contributed by atoms with van der Waals surface area (Å²) in [5.41, 5.74) is 7.01. The molecule has 0 aliphatic rings. The Balaban J connectivity index is 2.27. The van der Waals surface area contributed by atoms with E-state index in [1.807, 2.05) is 19.1 Å². The second-order valence-corrected chi connectivity index (χ2v) is 4.71. The number of nitrogens with one attached hydrogen (secondary N) is 2. The van der Waals surface area contributed by atoms with Crippen molar-refractivity contribution in [2.75, 3.05) is 17.2 Å². The van der Waals surface area contributed by atoms with Gasteiger partial charge in [-0.05, 0) is 36.8 Å². The Morgan fingerprint density at radius 2 is 1.82 bits per heavy atom. The maximum atomic E-state index is 13.3. The molecule has 4 N–H and O–H groups in total. The number of aryl methyl sites for hydroxylation is 1. The van der Waals surface area contributed by atoms with Gasteiger partial charge in [0, 0.05) is 5.56 Å². The minimum absolute atomic E-state index is 0.164. The Bertz CT molecular complexity index is 716. The first-order chi connectivity index (χ1) is 10.5. The van der Waals surface area contributed by atoms with Gasteiger partial charge in [-0.1, -0.05) is 18.2 Å². The van der Waals surface area contributed by atoms with Crippen LogP contribution in [0.5, 0.6) is 0 Å². The van der Waals surface area contributed by atoms with Gasteiger partial charge in [0.25, 0.3) is 5.91 Å². The van der Waals surface area contributed by atoms with Gasteiger partial charge in [-0.25, -0.2) is 4.39 Å². The summed E-state index contributed by atoms with van der Waals surface area (Å²) in [5, 5.41) is 5.12. The molecule has 2 aromatic carbocycles. The molecule has 0 saturated carbocycles. The molecule has 114 valence electrons. The van der Waals surface area contributed by atoms with Crippen LogP contribution in [0.3, 0.4) is 0 Å². The standard InChI is InChI=1S/C16H16FN3O2/c1-10-4-2-3-5-12(10)16(22)20-13-7-6-11(17)8-14(13)19-15(21)9-18/h2-8H,9,18H2,1H3,(H,19,21)(H,20,22). The number of benzene rings is 2. The van der Waals surface area contributed by atoms with Crippen LogP contribution in [0.2, 0.25) is 0 Å². The summed E-state index contributed by atoms with van der Waals surface area (Å²) >= 11 is 0. The molecule has 0 heterocycles. The van der Waals surface area contributed by atoms with Crippen LogP contribution in [-0.4, -0.2) is 18.4 Å². The molecule has 0 spiro atoms. The van der Waals surface area contributed by atoms with E-state index in [0.29, 0.717) is 11.3 Å². The molecule has 2 rings (SSSR count). The summed E-state index contributed by atoms with van der Waals surface area (Å²) in [6.45, 7) is 1.58. The quantitative estimate of drug-likeness (QED) is 0.810. The van der Waals surface area contributed by atoms with E-state index in [1.54, 1.807) is 12.1 Å². The lowest BCUT2D eigenvalue weighted by Gasteiger charge is -2.13. The smallest absolute Gasteiger partial charge is 0.255 e. The largest absolute Gasteiger partial charge is 0.323 e. The number of hydrogen-bond donors (Lipinski definition) is 3. The van der Waals surface area contributed by atoms with Gasteiger partial charge in [0.2, 0.25) is 5.91 Å². The van der Waals surface area contributed by atoms with E-state index in [0.717, 1.165) is 11.6 Å². The molecule has 0 saturated heterocycles. The van der Waals surface area contributed by atoms with Gasteiger partial charge in [-0.2, -0.15) is 0 Å². The summed E-state index contributed by atoms with van der Waals surface area (Å²) < 4.78 is 13.3. The fourth-order valence-electron chi connectivity index (χ4n) is 1.95. The molecule has 2 amide bonds. The molecule has 0 atom stereocenters. The first kappa shape index (κ1) is 15.7. The second kappa shape index (κ2) is 6.82. The number of amides is 2. The van der Waals surface area contributed by atoms with E-state index in [4.69, 9.17) is 5.73 Å². The molecule has 0 bridgehead atoms. The molecule has 0 unspecified atom stereocenters. The number of rotatable bonds is 4. The fraction of sp³-hybridized carbons (Fsp3) is 0.125.